The lowest BCUT2D eigenvalue weighted by molar-refractivity contribution is -0.153. The van der Waals surface area contributed by atoms with Crippen LogP contribution >= 0.6 is 0 Å². The zero-order valence-corrected chi connectivity index (χ0v) is 14.8. The van der Waals surface area contributed by atoms with Crippen LogP contribution in [0.5, 0.6) is 0 Å². The van der Waals surface area contributed by atoms with E-state index >= 15 is 0 Å². The van der Waals surface area contributed by atoms with E-state index in [9.17, 15) is 4.79 Å². The Morgan fingerprint density at radius 3 is 2.88 bits per heavy atom. The first kappa shape index (κ1) is 18.3. The van der Waals surface area contributed by atoms with Crippen LogP contribution in [0.15, 0.2) is 24.5 Å². The molecular formula is C18H27N3O4. The molecule has 1 aromatic heterocycles. The minimum absolute atomic E-state index is 0.00554. The summed E-state index contributed by atoms with van der Waals surface area (Å²) in [5.74, 6) is 0.00554. The number of carbonyl (C=O) groups is 1. The molecule has 0 saturated carbocycles. The highest BCUT2D eigenvalue weighted by molar-refractivity contribution is 5.78. The second-order valence-electron chi connectivity index (χ2n) is 6.28. The van der Waals surface area contributed by atoms with E-state index in [1.54, 1.807) is 6.20 Å². The standard InChI is InChI=1S/C18H27N3O4/c1-2-23-14-17(22)21-8-11-25-16(13-20-6-9-24-10-7-20)18(21)15-4-3-5-19-12-15/h3-5,12,16,18H,2,6-11,13-14H2,1H3/t16-,18-/m0/s1. The first-order valence-corrected chi connectivity index (χ1v) is 8.98. The van der Waals surface area contributed by atoms with Gasteiger partial charge in [0.15, 0.2) is 0 Å². The summed E-state index contributed by atoms with van der Waals surface area (Å²) in [5.41, 5.74) is 1.00. The largest absolute Gasteiger partial charge is 0.379 e. The van der Waals surface area contributed by atoms with Gasteiger partial charge in [0.1, 0.15) is 6.61 Å². The lowest BCUT2D eigenvalue weighted by atomic mass is 9.98. The first-order valence-electron chi connectivity index (χ1n) is 8.98. The van der Waals surface area contributed by atoms with Gasteiger partial charge >= 0.3 is 0 Å². The lowest BCUT2D eigenvalue weighted by Gasteiger charge is -2.43. The van der Waals surface area contributed by atoms with Crippen LogP contribution in [0.1, 0.15) is 18.5 Å². The quantitative estimate of drug-likeness (QED) is 0.754. The van der Waals surface area contributed by atoms with Crippen LogP contribution in [0.4, 0.5) is 0 Å². The fourth-order valence-electron chi connectivity index (χ4n) is 3.42. The van der Waals surface area contributed by atoms with Gasteiger partial charge in [0.25, 0.3) is 0 Å². The van der Waals surface area contributed by atoms with Crippen molar-refractivity contribution >= 4 is 5.91 Å². The number of rotatable bonds is 6. The predicted octanol–water partition coefficient (Wildman–Crippen LogP) is 0.719. The fraction of sp³-hybridized carbons (Fsp3) is 0.667. The van der Waals surface area contributed by atoms with Gasteiger partial charge in [-0.2, -0.15) is 0 Å². The number of pyridine rings is 1. The minimum atomic E-state index is -0.141. The average molecular weight is 349 g/mol. The average Bonchev–Trinajstić information content (AvgIpc) is 2.67. The Labute approximate surface area is 148 Å². The maximum atomic E-state index is 12.7. The molecule has 0 spiro atoms. The summed E-state index contributed by atoms with van der Waals surface area (Å²) in [5, 5.41) is 0. The highest BCUT2D eigenvalue weighted by Crippen LogP contribution is 2.30. The summed E-state index contributed by atoms with van der Waals surface area (Å²) < 4.78 is 16.9. The van der Waals surface area contributed by atoms with Gasteiger partial charge in [0, 0.05) is 45.2 Å². The minimum Gasteiger partial charge on any atom is -0.379 e. The van der Waals surface area contributed by atoms with E-state index in [1.165, 1.54) is 0 Å². The Kier molecular flexibility index (Phi) is 6.75. The summed E-state index contributed by atoms with van der Waals surface area (Å²) in [6, 6.07) is 3.78. The van der Waals surface area contributed by atoms with E-state index in [1.807, 2.05) is 30.2 Å². The molecule has 7 heteroatoms. The molecule has 2 saturated heterocycles. The number of nitrogens with zero attached hydrogens (tertiary/aromatic N) is 3. The van der Waals surface area contributed by atoms with Gasteiger partial charge < -0.3 is 19.1 Å². The third-order valence-corrected chi connectivity index (χ3v) is 4.67. The molecule has 2 aliphatic heterocycles. The number of amides is 1. The molecule has 3 heterocycles. The molecule has 0 bridgehead atoms. The van der Waals surface area contributed by atoms with Crippen LogP contribution in [-0.2, 0) is 19.0 Å². The van der Waals surface area contributed by atoms with Crippen molar-refractivity contribution in [1.29, 1.82) is 0 Å². The summed E-state index contributed by atoms with van der Waals surface area (Å²) in [6.07, 6.45) is 3.49. The Balaban J connectivity index is 1.78. The number of carbonyl (C=O) groups excluding carboxylic acids is 1. The molecule has 2 fully saturated rings. The predicted molar refractivity (Wildman–Crippen MR) is 92.2 cm³/mol. The smallest absolute Gasteiger partial charge is 0.249 e. The van der Waals surface area contributed by atoms with Crippen LogP contribution in [-0.4, -0.2) is 86.0 Å². The van der Waals surface area contributed by atoms with Crippen molar-refractivity contribution in [2.24, 2.45) is 0 Å². The maximum absolute atomic E-state index is 12.7. The summed E-state index contributed by atoms with van der Waals surface area (Å²) in [6.45, 7) is 7.72. The molecule has 0 radical (unpaired) electrons. The Morgan fingerprint density at radius 1 is 1.32 bits per heavy atom. The van der Waals surface area contributed by atoms with Crippen molar-refractivity contribution in [3.63, 3.8) is 0 Å². The number of aromatic nitrogens is 1. The van der Waals surface area contributed by atoms with E-state index < -0.39 is 0 Å². The molecule has 2 atom stereocenters. The van der Waals surface area contributed by atoms with Crippen molar-refractivity contribution in [2.45, 2.75) is 19.1 Å². The Hall–Kier alpha value is -1.54. The number of hydrogen-bond donors (Lipinski definition) is 0. The van der Waals surface area contributed by atoms with Crippen LogP contribution in [0.2, 0.25) is 0 Å². The van der Waals surface area contributed by atoms with Crippen molar-refractivity contribution in [3.05, 3.63) is 30.1 Å². The topological polar surface area (TPSA) is 64.1 Å². The number of hydrogen-bond acceptors (Lipinski definition) is 6. The third-order valence-electron chi connectivity index (χ3n) is 4.67. The zero-order chi connectivity index (χ0) is 17.5. The summed E-state index contributed by atoms with van der Waals surface area (Å²) >= 11 is 0. The van der Waals surface area contributed by atoms with Gasteiger partial charge in [0.05, 0.1) is 32.0 Å². The summed E-state index contributed by atoms with van der Waals surface area (Å²) in [4.78, 5) is 21.1. The third kappa shape index (κ3) is 4.76. The normalized spacial score (nSPS) is 25.1. The highest BCUT2D eigenvalue weighted by Gasteiger charge is 2.37. The van der Waals surface area contributed by atoms with Crippen LogP contribution < -0.4 is 0 Å². The zero-order valence-electron chi connectivity index (χ0n) is 14.8. The number of ether oxygens (including phenoxy) is 3. The van der Waals surface area contributed by atoms with Gasteiger partial charge in [-0.15, -0.1) is 0 Å². The second-order valence-corrected chi connectivity index (χ2v) is 6.28. The lowest BCUT2D eigenvalue weighted by Crippen LogP contribution is -2.53. The molecule has 138 valence electrons. The number of morpholine rings is 2. The van der Waals surface area contributed by atoms with Gasteiger partial charge in [-0.25, -0.2) is 0 Å². The molecule has 3 rings (SSSR count). The molecule has 25 heavy (non-hydrogen) atoms. The molecule has 1 amide bonds. The fourth-order valence-corrected chi connectivity index (χ4v) is 3.42. The monoisotopic (exact) mass is 349 g/mol. The molecular weight excluding hydrogens is 322 g/mol. The summed E-state index contributed by atoms with van der Waals surface area (Å²) in [7, 11) is 0. The SMILES string of the molecule is CCOCC(=O)N1CCO[C@@H](CN2CCOCC2)[C@@H]1c1cccnc1. The molecule has 0 unspecified atom stereocenters. The maximum Gasteiger partial charge on any atom is 0.249 e. The van der Waals surface area contributed by atoms with E-state index in [0.717, 1.165) is 38.4 Å². The van der Waals surface area contributed by atoms with Crippen molar-refractivity contribution in [1.82, 2.24) is 14.8 Å². The van der Waals surface area contributed by atoms with Crippen LogP contribution in [0.3, 0.4) is 0 Å². The molecule has 0 N–H and O–H groups in total. The van der Waals surface area contributed by atoms with E-state index in [2.05, 4.69) is 9.88 Å². The van der Waals surface area contributed by atoms with Gasteiger partial charge in [-0.1, -0.05) is 6.07 Å². The van der Waals surface area contributed by atoms with Gasteiger partial charge in [0.2, 0.25) is 5.91 Å². The molecule has 0 aliphatic carbocycles. The van der Waals surface area contributed by atoms with Crippen LogP contribution in [0, 0.1) is 0 Å². The van der Waals surface area contributed by atoms with Crippen molar-refractivity contribution < 1.29 is 19.0 Å². The van der Waals surface area contributed by atoms with E-state index in [-0.39, 0.29) is 24.7 Å². The second kappa shape index (κ2) is 9.24. The Bertz CT molecular complexity index is 536. The molecule has 7 nitrogen and oxygen atoms in total. The molecule has 2 aliphatic rings. The van der Waals surface area contributed by atoms with E-state index in [4.69, 9.17) is 14.2 Å². The van der Waals surface area contributed by atoms with Crippen LogP contribution in [0.25, 0.3) is 0 Å². The molecule has 0 aromatic carbocycles. The van der Waals surface area contributed by atoms with Gasteiger partial charge in [-0.3, -0.25) is 14.7 Å². The van der Waals surface area contributed by atoms with Gasteiger partial charge in [-0.05, 0) is 18.6 Å². The Morgan fingerprint density at radius 2 is 2.16 bits per heavy atom. The van der Waals surface area contributed by atoms with Crippen molar-refractivity contribution in [2.75, 3.05) is 59.2 Å². The highest BCUT2D eigenvalue weighted by atomic mass is 16.5. The first-order chi connectivity index (χ1) is 12.3. The molecule has 1 aromatic rings. The van der Waals surface area contributed by atoms with Crippen molar-refractivity contribution in [3.8, 4) is 0 Å². The van der Waals surface area contributed by atoms with E-state index in [0.29, 0.717) is 19.8 Å².